The molecule has 3 aromatic rings. The fraction of sp³-hybridized carbons (Fsp3) is 0.350. The zero-order valence-corrected chi connectivity index (χ0v) is 15.3. The number of methoxy groups -OCH3 is 1. The Kier molecular flexibility index (Phi) is 4.32. The van der Waals surface area contributed by atoms with Crippen LogP contribution in [0.4, 0.5) is 5.82 Å². The topological polar surface area (TPSA) is 64.9 Å². The van der Waals surface area contributed by atoms with Gasteiger partial charge in [-0.2, -0.15) is 0 Å². The van der Waals surface area contributed by atoms with Crippen LogP contribution < -0.4 is 10.1 Å². The van der Waals surface area contributed by atoms with Gasteiger partial charge in [0.1, 0.15) is 29.3 Å². The normalized spacial score (nSPS) is 14.9. The third-order valence-corrected chi connectivity index (χ3v) is 4.67. The second kappa shape index (κ2) is 6.78. The molecule has 1 saturated carbocycles. The second-order valence-corrected chi connectivity index (χ2v) is 6.74. The molecule has 4 rings (SSSR count). The molecular formula is C20H23N5O. The van der Waals surface area contributed by atoms with Gasteiger partial charge in [-0.3, -0.25) is 0 Å². The van der Waals surface area contributed by atoms with Gasteiger partial charge in [-0.05, 0) is 25.8 Å². The minimum atomic E-state index is -0.174. The van der Waals surface area contributed by atoms with Gasteiger partial charge in [-0.15, -0.1) is 0 Å². The van der Waals surface area contributed by atoms with Crippen LogP contribution in [0, 0.1) is 6.92 Å². The van der Waals surface area contributed by atoms with Crippen molar-refractivity contribution in [1.29, 1.82) is 0 Å². The van der Waals surface area contributed by atoms with Crippen molar-refractivity contribution in [2.45, 2.75) is 31.7 Å². The van der Waals surface area contributed by atoms with Crippen LogP contribution in [0.2, 0.25) is 0 Å². The van der Waals surface area contributed by atoms with E-state index in [0.29, 0.717) is 5.92 Å². The van der Waals surface area contributed by atoms with E-state index in [0.717, 1.165) is 34.5 Å². The minimum absolute atomic E-state index is 0.174. The van der Waals surface area contributed by atoms with E-state index in [2.05, 4.69) is 21.4 Å². The number of anilines is 1. The molecule has 1 N–H and O–H groups in total. The first-order chi connectivity index (χ1) is 12.7. The Labute approximate surface area is 153 Å². The number of para-hydroxylation sites is 1. The van der Waals surface area contributed by atoms with Crippen molar-refractivity contribution in [2.24, 2.45) is 7.05 Å². The van der Waals surface area contributed by atoms with Gasteiger partial charge in [0.2, 0.25) is 0 Å². The zero-order chi connectivity index (χ0) is 18.1. The van der Waals surface area contributed by atoms with E-state index < -0.39 is 0 Å². The Morgan fingerprint density at radius 1 is 1.23 bits per heavy atom. The maximum absolute atomic E-state index is 5.59. The van der Waals surface area contributed by atoms with Crippen LogP contribution in [-0.2, 0) is 7.05 Å². The largest absolute Gasteiger partial charge is 0.496 e. The molecular weight excluding hydrogens is 326 g/mol. The van der Waals surface area contributed by atoms with Gasteiger partial charge in [-0.1, -0.05) is 18.2 Å². The number of nitrogens with zero attached hydrogens (tertiary/aromatic N) is 4. The summed E-state index contributed by atoms with van der Waals surface area (Å²) in [6.45, 7) is 2.01. The first-order valence-electron chi connectivity index (χ1n) is 8.88. The number of aryl methyl sites for hydroxylation is 2. The Bertz CT molecular complexity index is 916. The van der Waals surface area contributed by atoms with E-state index in [-0.39, 0.29) is 6.04 Å². The maximum Gasteiger partial charge on any atom is 0.135 e. The minimum Gasteiger partial charge on any atom is -0.496 e. The highest BCUT2D eigenvalue weighted by molar-refractivity contribution is 5.47. The van der Waals surface area contributed by atoms with E-state index in [1.54, 1.807) is 13.3 Å². The molecule has 1 aromatic carbocycles. The Balaban J connectivity index is 1.76. The predicted octanol–water partition coefficient (Wildman–Crippen LogP) is 3.61. The lowest BCUT2D eigenvalue weighted by molar-refractivity contribution is 0.408. The molecule has 1 aliphatic carbocycles. The molecule has 2 heterocycles. The van der Waals surface area contributed by atoms with Gasteiger partial charge in [0, 0.05) is 42.7 Å². The summed E-state index contributed by atoms with van der Waals surface area (Å²) >= 11 is 0. The number of aromatic nitrogens is 4. The van der Waals surface area contributed by atoms with Crippen molar-refractivity contribution >= 4 is 5.82 Å². The molecule has 0 saturated heterocycles. The molecule has 0 amide bonds. The van der Waals surface area contributed by atoms with Gasteiger partial charge < -0.3 is 14.6 Å². The summed E-state index contributed by atoms with van der Waals surface area (Å²) in [5.41, 5.74) is 2.00. The molecule has 0 spiro atoms. The van der Waals surface area contributed by atoms with Crippen LogP contribution in [0.25, 0.3) is 0 Å². The van der Waals surface area contributed by atoms with Gasteiger partial charge in [0.15, 0.2) is 0 Å². The lowest BCUT2D eigenvalue weighted by Gasteiger charge is -2.22. The average Bonchev–Trinajstić information content (AvgIpc) is 3.41. The summed E-state index contributed by atoms with van der Waals surface area (Å²) in [4.78, 5) is 13.9. The first kappa shape index (κ1) is 16.6. The lowest BCUT2D eigenvalue weighted by atomic mass is 10.0. The van der Waals surface area contributed by atoms with Crippen LogP contribution in [-0.4, -0.2) is 26.6 Å². The standard InChI is InChI=1S/C20H23N5O/c1-13-12-17(24-19(22-13)14-8-9-14)23-18(20-21-10-11-25(20)2)15-6-4-5-7-16(15)26-3/h4-7,10-12,14,18H,8-9H2,1-3H3,(H,22,23,24). The summed E-state index contributed by atoms with van der Waals surface area (Å²) in [5, 5.41) is 3.56. The van der Waals surface area contributed by atoms with Crippen LogP contribution >= 0.6 is 0 Å². The molecule has 1 unspecified atom stereocenters. The van der Waals surface area contributed by atoms with Crippen LogP contribution in [0.5, 0.6) is 5.75 Å². The summed E-state index contributed by atoms with van der Waals surface area (Å²) in [7, 11) is 3.68. The lowest BCUT2D eigenvalue weighted by Crippen LogP contribution is -2.19. The molecule has 134 valence electrons. The molecule has 1 fully saturated rings. The van der Waals surface area contributed by atoms with Crippen molar-refractivity contribution in [3.05, 3.63) is 65.6 Å². The van der Waals surface area contributed by atoms with E-state index in [4.69, 9.17) is 9.72 Å². The zero-order valence-electron chi connectivity index (χ0n) is 15.3. The predicted molar refractivity (Wildman–Crippen MR) is 100 cm³/mol. The van der Waals surface area contributed by atoms with Gasteiger partial charge in [0.05, 0.1) is 7.11 Å². The Hall–Kier alpha value is -2.89. The van der Waals surface area contributed by atoms with Crippen molar-refractivity contribution in [2.75, 3.05) is 12.4 Å². The maximum atomic E-state index is 5.59. The van der Waals surface area contributed by atoms with Crippen molar-refractivity contribution in [1.82, 2.24) is 19.5 Å². The third-order valence-electron chi connectivity index (χ3n) is 4.67. The molecule has 1 atom stereocenters. The quantitative estimate of drug-likeness (QED) is 0.736. The van der Waals surface area contributed by atoms with Crippen molar-refractivity contribution in [3.8, 4) is 5.75 Å². The van der Waals surface area contributed by atoms with Gasteiger partial charge in [-0.25, -0.2) is 15.0 Å². The first-order valence-corrected chi connectivity index (χ1v) is 8.88. The number of imidazole rings is 1. The molecule has 6 nitrogen and oxygen atoms in total. The monoisotopic (exact) mass is 349 g/mol. The summed E-state index contributed by atoms with van der Waals surface area (Å²) in [6.07, 6.45) is 6.11. The molecule has 2 aromatic heterocycles. The smallest absolute Gasteiger partial charge is 0.135 e. The Morgan fingerprint density at radius 2 is 2.04 bits per heavy atom. The fourth-order valence-corrected chi connectivity index (χ4v) is 3.18. The number of benzene rings is 1. The molecule has 0 aliphatic heterocycles. The number of hydrogen-bond acceptors (Lipinski definition) is 5. The Morgan fingerprint density at radius 3 is 2.73 bits per heavy atom. The van der Waals surface area contributed by atoms with E-state index >= 15 is 0 Å². The van der Waals surface area contributed by atoms with E-state index in [1.165, 1.54) is 12.8 Å². The third kappa shape index (κ3) is 3.27. The summed E-state index contributed by atoms with van der Waals surface area (Å²) < 4.78 is 7.60. The molecule has 1 aliphatic rings. The van der Waals surface area contributed by atoms with Crippen LogP contribution in [0.3, 0.4) is 0 Å². The van der Waals surface area contributed by atoms with Gasteiger partial charge in [0.25, 0.3) is 0 Å². The van der Waals surface area contributed by atoms with Crippen molar-refractivity contribution in [3.63, 3.8) is 0 Å². The average molecular weight is 349 g/mol. The van der Waals surface area contributed by atoms with E-state index in [9.17, 15) is 0 Å². The summed E-state index contributed by atoms with van der Waals surface area (Å²) in [6, 6.07) is 9.81. The SMILES string of the molecule is COc1ccccc1C(Nc1cc(C)nc(C2CC2)n1)c1nccn1C. The fourth-order valence-electron chi connectivity index (χ4n) is 3.18. The highest BCUT2D eigenvalue weighted by Crippen LogP contribution is 2.39. The highest BCUT2D eigenvalue weighted by Gasteiger charge is 2.28. The highest BCUT2D eigenvalue weighted by atomic mass is 16.5. The summed E-state index contributed by atoms with van der Waals surface area (Å²) in [5.74, 6) is 3.98. The number of nitrogens with one attached hydrogen (secondary N) is 1. The molecule has 6 heteroatoms. The molecule has 0 radical (unpaired) electrons. The van der Waals surface area contributed by atoms with Crippen LogP contribution in [0.15, 0.2) is 42.7 Å². The second-order valence-electron chi connectivity index (χ2n) is 6.74. The van der Waals surface area contributed by atoms with Crippen molar-refractivity contribution < 1.29 is 4.74 Å². The van der Waals surface area contributed by atoms with Crippen LogP contribution in [0.1, 0.15) is 47.7 Å². The number of rotatable bonds is 6. The molecule has 0 bridgehead atoms. The van der Waals surface area contributed by atoms with E-state index in [1.807, 2.05) is 49.0 Å². The number of ether oxygens (including phenoxy) is 1. The molecule has 26 heavy (non-hydrogen) atoms. The van der Waals surface area contributed by atoms with Gasteiger partial charge >= 0.3 is 0 Å². The number of hydrogen-bond donors (Lipinski definition) is 1.